The maximum Gasteiger partial charge on any atom is 0.145 e. The van der Waals surface area contributed by atoms with Crippen molar-refractivity contribution < 1.29 is 14.2 Å². The minimum atomic E-state index is -0.558. The Morgan fingerprint density at radius 2 is 2.00 bits per heavy atom. The van der Waals surface area contributed by atoms with Gasteiger partial charge in [-0.15, -0.1) is 0 Å². The van der Waals surface area contributed by atoms with Gasteiger partial charge < -0.3 is 9.84 Å². The van der Waals surface area contributed by atoms with Crippen molar-refractivity contribution in [1.29, 1.82) is 0 Å². The van der Waals surface area contributed by atoms with E-state index in [0.29, 0.717) is 21.5 Å². The van der Waals surface area contributed by atoms with Crippen molar-refractivity contribution in [2.75, 3.05) is 0 Å². The predicted octanol–water partition coefficient (Wildman–Crippen LogP) is 4.83. The predicted molar refractivity (Wildman–Crippen MR) is 76.3 cm³/mol. The average molecular weight is 346 g/mol. The van der Waals surface area contributed by atoms with E-state index in [1.54, 1.807) is 6.07 Å². The molecule has 0 amide bonds. The van der Waals surface area contributed by atoms with Crippen LogP contribution in [0.15, 0.2) is 34.8 Å². The topological polar surface area (TPSA) is 29.5 Å². The molecule has 0 aliphatic carbocycles. The number of aliphatic hydroxyl groups is 1. The van der Waals surface area contributed by atoms with Crippen LogP contribution in [0, 0.1) is 12.7 Å². The van der Waals surface area contributed by atoms with E-state index in [4.69, 9.17) is 16.3 Å². The van der Waals surface area contributed by atoms with Crippen LogP contribution in [-0.4, -0.2) is 5.11 Å². The quantitative estimate of drug-likeness (QED) is 0.807. The van der Waals surface area contributed by atoms with Gasteiger partial charge in [0.05, 0.1) is 16.1 Å². The fourth-order valence-electron chi connectivity index (χ4n) is 1.63. The maximum atomic E-state index is 13.4. The van der Waals surface area contributed by atoms with Crippen LogP contribution in [0.3, 0.4) is 0 Å². The molecule has 0 aliphatic heterocycles. The highest BCUT2D eigenvalue weighted by Gasteiger charge is 2.11. The van der Waals surface area contributed by atoms with Crippen LogP contribution in [0.5, 0.6) is 11.5 Å². The second-order valence-corrected chi connectivity index (χ2v) is 5.33. The minimum Gasteiger partial charge on any atom is -0.456 e. The molecule has 2 nitrogen and oxygen atoms in total. The molecule has 0 aliphatic rings. The van der Waals surface area contributed by atoms with Crippen molar-refractivity contribution in [2.45, 2.75) is 13.5 Å². The Morgan fingerprint density at radius 3 is 2.68 bits per heavy atom. The van der Waals surface area contributed by atoms with Crippen molar-refractivity contribution in [1.82, 2.24) is 0 Å². The molecule has 0 bridgehead atoms. The van der Waals surface area contributed by atoms with Crippen LogP contribution < -0.4 is 4.74 Å². The van der Waals surface area contributed by atoms with Gasteiger partial charge in [0.1, 0.15) is 17.3 Å². The lowest BCUT2D eigenvalue weighted by Gasteiger charge is -2.12. The van der Waals surface area contributed by atoms with Gasteiger partial charge in [0, 0.05) is 11.6 Å². The Bertz CT molecular complexity index is 617. The highest BCUT2D eigenvalue weighted by molar-refractivity contribution is 9.10. The van der Waals surface area contributed by atoms with Gasteiger partial charge in [-0.25, -0.2) is 4.39 Å². The molecule has 0 atom stereocenters. The zero-order chi connectivity index (χ0) is 14.0. The molecule has 1 N–H and O–H groups in total. The number of hydrogen-bond donors (Lipinski definition) is 1. The molecule has 2 rings (SSSR count). The first-order chi connectivity index (χ1) is 9.01. The van der Waals surface area contributed by atoms with E-state index >= 15 is 0 Å². The number of halogens is 3. The summed E-state index contributed by atoms with van der Waals surface area (Å²) in [6, 6.07) is 8.04. The third-order valence-electron chi connectivity index (χ3n) is 2.58. The number of ether oxygens (including phenoxy) is 1. The van der Waals surface area contributed by atoms with E-state index in [1.165, 1.54) is 12.1 Å². The van der Waals surface area contributed by atoms with Crippen LogP contribution >= 0.6 is 27.5 Å². The monoisotopic (exact) mass is 344 g/mol. The molecule has 2 aromatic carbocycles. The number of hydrogen-bond acceptors (Lipinski definition) is 2. The highest BCUT2D eigenvalue weighted by Crippen LogP contribution is 2.35. The molecule has 0 radical (unpaired) electrons. The molecule has 0 unspecified atom stereocenters. The molecule has 0 aromatic heterocycles. The Balaban J connectivity index is 2.39. The molecular weight excluding hydrogens is 335 g/mol. The Morgan fingerprint density at radius 1 is 1.26 bits per heavy atom. The number of aryl methyl sites for hydroxylation is 1. The first-order valence-electron chi connectivity index (χ1n) is 5.54. The van der Waals surface area contributed by atoms with Gasteiger partial charge in [-0.1, -0.05) is 29.3 Å². The van der Waals surface area contributed by atoms with Crippen molar-refractivity contribution in [3.05, 3.63) is 56.8 Å². The molecular formula is C14H11BrClFO2. The number of aliphatic hydroxyl groups excluding tert-OH is 1. The highest BCUT2D eigenvalue weighted by atomic mass is 79.9. The molecule has 0 spiro atoms. The molecule has 0 fully saturated rings. The fraction of sp³-hybridized carbons (Fsp3) is 0.143. The smallest absolute Gasteiger partial charge is 0.145 e. The van der Waals surface area contributed by atoms with Gasteiger partial charge in [0.15, 0.2) is 0 Å². The summed E-state index contributed by atoms with van der Waals surface area (Å²) in [5, 5.41) is 9.32. The van der Waals surface area contributed by atoms with Gasteiger partial charge in [-0.3, -0.25) is 0 Å². The number of rotatable bonds is 3. The fourth-order valence-corrected chi connectivity index (χ4v) is 2.35. The first-order valence-corrected chi connectivity index (χ1v) is 6.71. The van der Waals surface area contributed by atoms with Crippen LogP contribution in [0.1, 0.15) is 11.1 Å². The van der Waals surface area contributed by atoms with Crippen LogP contribution in [0.25, 0.3) is 0 Å². The average Bonchev–Trinajstić information content (AvgIpc) is 2.37. The van der Waals surface area contributed by atoms with E-state index in [2.05, 4.69) is 15.9 Å². The Hall–Kier alpha value is -1.10. The maximum absolute atomic E-state index is 13.4. The van der Waals surface area contributed by atoms with E-state index in [9.17, 15) is 9.50 Å². The summed E-state index contributed by atoms with van der Waals surface area (Å²) in [5.41, 5.74) is 1.65. The van der Waals surface area contributed by atoms with Gasteiger partial charge in [0.2, 0.25) is 0 Å². The SMILES string of the molecule is Cc1ccc(Oc2cc(F)c(Cl)cc2Br)c(CO)c1. The second-order valence-electron chi connectivity index (χ2n) is 4.07. The molecule has 5 heteroatoms. The van der Waals surface area contributed by atoms with Crippen molar-refractivity contribution in [3.8, 4) is 11.5 Å². The van der Waals surface area contributed by atoms with Crippen LogP contribution in [0.2, 0.25) is 5.02 Å². The van der Waals surface area contributed by atoms with E-state index in [-0.39, 0.29) is 11.6 Å². The largest absolute Gasteiger partial charge is 0.456 e. The summed E-state index contributed by atoms with van der Waals surface area (Å²) in [5.74, 6) is 0.230. The van der Waals surface area contributed by atoms with E-state index in [1.807, 2.05) is 19.1 Å². The lowest BCUT2D eigenvalue weighted by atomic mass is 10.1. The lowest BCUT2D eigenvalue weighted by molar-refractivity contribution is 0.276. The summed E-state index contributed by atoms with van der Waals surface area (Å²) in [6.07, 6.45) is 0. The van der Waals surface area contributed by atoms with Gasteiger partial charge >= 0.3 is 0 Å². The molecule has 100 valence electrons. The summed E-state index contributed by atoms with van der Waals surface area (Å²) in [4.78, 5) is 0. The third-order valence-corrected chi connectivity index (χ3v) is 3.49. The zero-order valence-electron chi connectivity index (χ0n) is 10.1. The molecule has 0 heterocycles. The first kappa shape index (κ1) is 14.3. The molecule has 2 aromatic rings. The third kappa shape index (κ3) is 3.26. The number of benzene rings is 2. The Labute approximate surface area is 123 Å². The summed E-state index contributed by atoms with van der Waals surface area (Å²) in [7, 11) is 0. The van der Waals surface area contributed by atoms with Gasteiger partial charge in [-0.05, 0) is 35.0 Å². The second kappa shape index (κ2) is 5.90. The van der Waals surface area contributed by atoms with E-state index in [0.717, 1.165) is 5.56 Å². The normalized spacial score (nSPS) is 10.6. The van der Waals surface area contributed by atoms with Crippen molar-refractivity contribution >= 4 is 27.5 Å². The molecule has 19 heavy (non-hydrogen) atoms. The zero-order valence-corrected chi connectivity index (χ0v) is 12.4. The van der Waals surface area contributed by atoms with Crippen LogP contribution in [0.4, 0.5) is 4.39 Å². The molecule has 0 saturated heterocycles. The van der Waals surface area contributed by atoms with E-state index < -0.39 is 5.82 Å². The summed E-state index contributed by atoms with van der Waals surface area (Å²) in [6.45, 7) is 1.77. The molecule has 0 saturated carbocycles. The van der Waals surface area contributed by atoms with Crippen molar-refractivity contribution in [2.24, 2.45) is 0 Å². The Kier molecular flexibility index (Phi) is 4.45. The van der Waals surface area contributed by atoms with Gasteiger partial charge in [-0.2, -0.15) is 0 Å². The van der Waals surface area contributed by atoms with Crippen molar-refractivity contribution in [3.63, 3.8) is 0 Å². The minimum absolute atomic E-state index is 0.0190. The standard InChI is InChI=1S/C14H11BrClFO2/c1-8-2-3-13(9(4-8)7-18)19-14-6-12(17)11(16)5-10(14)15/h2-6,18H,7H2,1H3. The lowest BCUT2D eigenvalue weighted by Crippen LogP contribution is -1.94. The van der Waals surface area contributed by atoms with Gasteiger partial charge in [0.25, 0.3) is 0 Å². The summed E-state index contributed by atoms with van der Waals surface area (Å²) < 4.78 is 19.6. The van der Waals surface area contributed by atoms with Crippen LogP contribution in [-0.2, 0) is 6.61 Å². The summed E-state index contributed by atoms with van der Waals surface area (Å²) >= 11 is 8.93.